The predicted octanol–water partition coefficient (Wildman–Crippen LogP) is 1.55. The van der Waals surface area contributed by atoms with Gasteiger partial charge in [0.05, 0.1) is 19.8 Å². The summed E-state index contributed by atoms with van der Waals surface area (Å²) < 4.78 is 7.12. The van der Waals surface area contributed by atoms with E-state index in [2.05, 4.69) is 28.7 Å². The molecule has 1 aliphatic heterocycles. The zero-order valence-corrected chi connectivity index (χ0v) is 15.4. The van der Waals surface area contributed by atoms with Crippen LogP contribution >= 0.6 is 12.2 Å². The molecular weight excluding hydrogens is 328 g/mol. The second kappa shape index (κ2) is 8.04. The van der Waals surface area contributed by atoms with Crippen LogP contribution < -0.4 is 5.56 Å². The Labute approximate surface area is 147 Å². The summed E-state index contributed by atoms with van der Waals surface area (Å²) in [5.74, 6) is -0.126. The lowest BCUT2D eigenvalue weighted by Gasteiger charge is -2.39. The minimum absolute atomic E-state index is 0.126. The van der Waals surface area contributed by atoms with Crippen molar-refractivity contribution in [3.63, 3.8) is 0 Å². The van der Waals surface area contributed by atoms with Crippen molar-refractivity contribution < 1.29 is 9.84 Å². The molecule has 24 heavy (non-hydrogen) atoms. The number of hydrogen-bond acceptors (Lipinski definition) is 6. The van der Waals surface area contributed by atoms with Gasteiger partial charge in [0.2, 0.25) is 5.88 Å². The molecule has 134 valence electrons. The maximum atomic E-state index is 12.1. The third kappa shape index (κ3) is 4.31. The molecule has 0 spiro atoms. The highest BCUT2D eigenvalue weighted by Crippen LogP contribution is 2.17. The molecule has 0 radical (unpaired) electrons. The first-order valence-corrected chi connectivity index (χ1v) is 8.66. The van der Waals surface area contributed by atoms with Crippen molar-refractivity contribution in [1.82, 2.24) is 14.5 Å². The maximum Gasteiger partial charge on any atom is 0.264 e. The molecule has 0 unspecified atom stereocenters. The molecular formula is C16H26N4O3S. The third-order valence-electron chi connectivity index (χ3n) is 4.22. The van der Waals surface area contributed by atoms with Gasteiger partial charge in [-0.25, -0.2) is 0 Å². The molecule has 1 aromatic heterocycles. The van der Waals surface area contributed by atoms with Crippen LogP contribution in [0.3, 0.4) is 0 Å². The number of H-pyrrole nitrogens is 1. The molecule has 2 rings (SSSR count). The summed E-state index contributed by atoms with van der Waals surface area (Å²) in [6.07, 6.45) is 2.24. The molecule has 8 heteroatoms. The van der Waals surface area contributed by atoms with Gasteiger partial charge in [0.25, 0.3) is 5.56 Å². The van der Waals surface area contributed by atoms with E-state index in [1.165, 1.54) is 10.8 Å². The number of aliphatic imine (C=N–C) groups is 1. The Hall–Kier alpha value is -1.51. The van der Waals surface area contributed by atoms with Gasteiger partial charge in [-0.3, -0.25) is 24.2 Å². The van der Waals surface area contributed by atoms with E-state index in [0.717, 1.165) is 32.7 Å². The fraction of sp³-hybridized carbons (Fsp3) is 0.688. The first-order chi connectivity index (χ1) is 11.4. The van der Waals surface area contributed by atoms with Crippen LogP contribution in [-0.2, 0) is 11.3 Å². The van der Waals surface area contributed by atoms with Crippen LogP contribution in [0, 0.1) is 4.77 Å². The van der Waals surface area contributed by atoms with Gasteiger partial charge in [-0.15, -0.1) is 0 Å². The summed E-state index contributed by atoms with van der Waals surface area (Å²) in [7, 11) is 0. The van der Waals surface area contributed by atoms with Crippen LogP contribution in [0.15, 0.2) is 9.79 Å². The van der Waals surface area contributed by atoms with Gasteiger partial charge >= 0.3 is 0 Å². The van der Waals surface area contributed by atoms with Gasteiger partial charge in [-0.1, -0.05) is 6.92 Å². The topological polar surface area (TPSA) is 82.8 Å². The largest absolute Gasteiger partial charge is 0.494 e. The van der Waals surface area contributed by atoms with Crippen LogP contribution in [0.4, 0.5) is 0 Å². The lowest BCUT2D eigenvalue weighted by molar-refractivity contribution is -0.00676. The minimum atomic E-state index is -0.419. The third-order valence-corrected chi connectivity index (χ3v) is 4.54. The van der Waals surface area contributed by atoms with Crippen molar-refractivity contribution in [2.45, 2.75) is 39.3 Å². The second-order valence-electron chi connectivity index (χ2n) is 6.53. The van der Waals surface area contributed by atoms with Crippen molar-refractivity contribution in [3.8, 4) is 5.88 Å². The summed E-state index contributed by atoms with van der Waals surface area (Å²) in [5, 5.41) is 10.3. The molecule has 0 aliphatic carbocycles. The number of morpholine rings is 1. The molecule has 2 N–H and O–H groups in total. The van der Waals surface area contributed by atoms with Gasteiger partial charge in [-0.05, 0) is 32.5 Å². The van der Waals surface area contributed by atoms with Crippen LogP contribution in [-0.4, -0.2) is 64.2 Å². The van der Waals surface area contributed by atoms with Gasteiger partial charge in [-0.2, -0.15) is 0 Å². The summed E-state index contributed by atoms with van der Waals surface area (Å²) in [6, 6.07) is 0. The van der Waals surface area contributed by atoms with E-state index < -0.39 is 5.56 Å². The Kier molecular flexibility index (Phi) is 6.31. The van der Waals surface area contributed by atoms with E-state index in [1.54, 1.807) is 0 Å². The Morgan fingerprint density at radius 1 is 1.42 bits per heavy atom. The number of hydrogen-bond donors (Lipinski definition) is 2. The molecule has 1 fully saturated rings. The monoisotopic (exact) mass is 354 g/mol. The van der Waals surface area contributed by atoms with Crippen molar-refractivity contribution >= 4 is 18.4 Å². The summed E-state index contributed by atoms with van der Waals surface area (Å²) in [5.41, 5.74) is -0.410. The minimum Gasteiger partial charge on any atom is -0.494 e. The SMILES string of the molecule is CCCn1c(O)c(C=NCC(C)(C)N2CCOCC2)c(=O)[nH]c1=S. The first-order valence-electron chi connectivity index (χ1n) is 8.25. The highest BCUT2D eigenvalue weighted by Gasteiger charge is 2.27. The molecule has 0 atom stereocenters. The van der Waals surface area contributed by atoms with E-state index in [1.807, 2.05) is 6.92 Å². The Morgan fingerprint density at radius 3 is 2.71 bits per heavy atom. The highest BCUT2D eigenvalue weighted by atomic mass is 32.1. The van der Waals surface area contributed by atoms with Crippen LogP contribution in [0.2, 0.25) is 0 Å². The Balaban J connectivity index is 2.18. The fourth-order valence-corrected chi connectivity index (χ4v) is 3.02. The molecule has 0 amide bonds. The van der Waals surface area contributed by atoms with Gasteiger partial charge < -0.3 is 9.84 Å². The van der Waals surface area contributed by atoms with Crippen molar-refractivity contribution in [2.75, 3.05) is 32.8 Å². The normalized spacial score (nSPS) is 16.8. The summed E-state index contributed by atoms with van der Waals surface area (Å²) in [6.45, 7) is 10.5. The number of aromatic nitrogens is 2. The van der Waals surface area contributed by atoms with Crippen LogP contribution in [0.5, 0.6) is 5.88 Å². The van der Waals surface area contributed by atoms with E-state index >= 15 is 0 Å². The number of ether oxygens (including phenoxy) is 1. The summed E-state index contributed by atoms with van der Waals surface area (Å²) in [4.78, 5) is 21.4. The number of nitrogens with zero attached hydrogens (tertiary/aromatic N) is 3. The molecule has 1 aromatic rings. The Morgan fingerprint density at radius 2 is 2.08 bits per heavy atom. The number of aromatic amines is 1. The van der Waals surface area contributed by atoms with Gasteiger partial charge in [0, 0.05) is 31.4 Å². The van der Waals surface area contributed by atoms with Crippen molar-refractivity contribution in [1.29, 1.82) is 0 Å². The molecule has 1 aliphatic rings. The lowest BCUT2D eigenvalue weighted by atomic mass is 10.0. The molecule has 7 nitrogen and oxygen atoms in total. The molecule has 0 aromatic carbocycles. The van der Waals surface area contributed by atoms with Crippen molar-refractivity contribution in [2.24, 2.45) is 4.99 Å². The zero-order chi connectivity index (χ0) is 17.7. The quantitative estimate of drug-likeness (QED) is 0.598. The average molecular weight is 354 g/mol. The van der Waals surface area contributed by atoms with E-state index in [0.29, 0.717) is 13.1 Å². The van der Waals surface area contributed by atoms with E-state index in [4.69, 9.17) is 17.0 Å². The standard InChI is InChI=1S/C16H26N4O3S/c1-4-5-20-14(22)12(13(21)18-15(20)24)10-17-11-16(2,3)19-6-8-23-9-7-19/h10,22H,4-9,11H2,1-3H3,(H,18,21,24). The zero-order valence-electron chi connectivity index (χ0n) is 14.5. The smallest absolute Gasteiger partial charge is 0.264 e. The van der Waals surface area contributed by atoms with E-state index in [-0.39, 0.29) is 21.8 Å². The highest BCUT2D eigenvalue weighted by molar-refractivity contribution is 7.71. The first kappa shape index (κ1) is 18.8. The maximum absolute atomic E-state index is 12.1. The van der Waals surface area contributed by atoms with Crippen LogP contribution in [0.1, 0.15) is 32.8 Å². The molecule has 1 saturated heterocycles. The van der Waals surface area contributed by atoms with Gasteiger partial charge in [0.1, 0.15) is 5.56 Å². The van der Waals surface area contributed by atoms with Crippen molar-refractivity contribution in [3.05, 3.63) is 20.7 Å². The second-order valence-corrected chi connectivity index (χ2v) is 6.92. The average Bonchev–Trinajstić information content (AvgIpc) is 2.55. The Bertz CT molecular complexity index is 702. The van der Waals surface area contributed by atoms with Gasteiger partial charge in [0.15, 0.2) is 4.77 Å². The number of aromatic hydroxyl groups is 1. The fourth-order valence-electron chi connectivity index (χ4n) is 2.75. The van der Waals surface area contributed by atoms with E-state index in [9.17, 15) is 9.90 Å². The number of nitrogens with one attached hydrogen (secondary N) is 1. The predicted molar refractivity (Wildman–Crippen MR) is 96.8 cm³/mol. The molecule has 0 bridgehead atoms. The molecule has 0 saturated carbocycles. The lowest BCUT2D eigenvalue weighted by Crippen LogP contribution is -2.51. The van der Waals surface area contributed by atoms with Crippen LogP contribution in [0.25, 0.3) is 0 Å². The summed E-state index contributed by atoms with van der Waals surface area (Å²) >= 11 is 5.09. The number of rotatable bonds is 6. The molecule has 2 heterocycles.